The van der Waals surface area contributed by atoms with Crippen LogP contribution in [0, 0.1) is 0 Å². The van der Waals surface area contributed by atoms with E-state index in [0.29, 0.717) is 23.8 Å². The molecular weight excluding hydrogens is 378 g/mol. The van der Waals surface area contributed by atoms with Crippen LogP contribution in [-0.4, -0.2) is 34.3 Å². The number of rotatable bonds is 5. The highest BCUT2D eigenvalue weighted by molar-refractivity contribution is 9.10. The highest BCUT2D eigenvalue weighted by atomic mass is 79.9. The number of aromatic hydroxyl groups is 2. The monoisotopic (exact) mass is 397 g/mol. The van der Waals surface area contributed by atoms with Gasteiger partial charge in [-0.3, -0.25) is 9.36 Å². The molecule has 0 radical (unpaired) electrons. The lowest BCUT2D eigenvalue weighted by molar-refractivity contribution is -0.163. The van der Waals surface area contributed by atoms with Crippen molar-refractivity contribution < 1.29 is 19.7 Å². The Kier molecular flexibility index (Phi) is 5.43. The van der Waals surface area contributed by atoms with Gasteiger partial charge in [0.05, 0.1) is 6.61 Å². The lowest BCUT2D eigenvalue weighted by Gasteiger charge is -2.22. The largest absolute Gasteiger partial charge is 0.503 e. The van der Waals surface area contributed by atoms with Gasteiger partial charge in [-0.05, 0) is 43.9 Å². The van der Waals surface area contributed by atoms with Gasteiger partial charge in [-0.15, -0.1) is 0 Å². The molecule has 0 aliphatic carbocycles. The van der Waals surface area contributed by atoms with Gasteiger partial charge in [-0.1, -0.05) is 15.9 Å². The maximum Gasteiger partial charge on any atom is 0.296 e. The van der Waals surface area contributed by atoms with Gasteiger partial charge in [0.1, 0.15) is 0 Å². The predicted molar refractivity (Wildman–Crippen MR) is 93.4 cm³/mol. The molecule has 3 rings (SSSR count). The highest BCUT2D eigenvalue weighted by Crippen LogP contribution is 2.31. The molecule has 1 saturated heterocycles. The summed E-state index contributed by atoms with van der Waals surface area (Å²) in [6.45, 7) is 1.41. The first-order valence-corrected chi connectivity index (χ1v) is 8.84. The molecule has 1 aliphatic rings. The maximum atomic E-state index is 12.3. The van der Waals surface area contributed by atoms with E-state index < -0.39 is 5.56 Å². The SMILES string of the molecule is O=c1c(O)c2cc(Br)ccc2c(O)n1CCCOC1CCCCO1. The fraction of sp³-hybridized carbons (Fsp3) is 0.471. The van der Waals surface area contributed by atoms with Crippen LogP contribution in [0.3, 0.4) is 0 Å². The zero-order valence-electron chi connectivity index (χ0n) is 13.2. The standard InChI is InChI=1S/C17H20BrNO5/c18-11-5-6-12-13(10-11)15(20)17(22)19(16(12)21)7-3-9-24-14-4-1-2-8-23-14/h5-6,10,14,20-21H,1-4,7-9H2. The highest BCUT2D eigenvalue weighted by Gasteiger charge is 2.16. The van der Waals surface area contributed by atoms with Gasteiger partial charge in [0.25, 0.3) is 5.56 Å². The summed E-state index contributed by atoms with van der Waals surface area (Å²) in [7, 11) is 0. The zero-order chi connectivity index (χ0) is 17.1. The topological polar surface area (TPSA) is 80.9 Å². The summed E-state index contributed by atoms with van der Waals surface area (Å²) in [5.74, 6) is -0.505. The second-order valence-corrected chi connectivity index (χ2v) is 6.76. The Morgan fingerprint density at radius 3 is 2.88 bits per heavy atom. The van der Waals surface area contributed by atoms with Gasteiger partial charge >= 0.3 is 0 Å². The van der Waals surface area contributed by atoms with Crippen LogP contribution in [-0.2, 0) is 16.0 Å². The maximum absolute atomic E-state index is 12.3. The van der Waals surface area contributed by atoms with Crippen LogP contribution in [0.1, 0.15) is 25.7 Å². The van der Waals surface area contributed by atoms with Crippen molar-refractivity contribution in [1.82, 2.24) is 4.57 Å². The van der Waals surface area contributed by atoms with Gasteiger partial charge < -0.3 is 19.7 Å². The summed E-state index contributed by atoms with van der Waals surface area (Å²) < 4.78 is 13.0. The van der Waals surface area contributed by atoms with E-state index in [1.54, 1.807) is 18.2 Å². The molecule has 2 aromatic rings. The molecule has 0 saturated carbocycles. The third kappa shape index (κ3) is 3.58. The van der Waals surface area contributed by atoms with Crippen molar-refractivity contribution in [3.8, 4) is 11.6 Å². The second kappa shape index (κ2) is 7.55. The molecule has 1 fully saturated rings. The fourth-order valence-electron chi connectivity index (χ4n) is 2.88. The molecule has 6 nitrogen and oxygen atoms in total. The third-order valence-electron chi connectivity index (χ3n) is 4.15. The Labute approximate surface area is 147 Å². The van der Waals surface area contributed by atoms with Crippen molar-refractivity contribution in [1.29, 1.82) is 0 Å². The minimum atomic E-state index is -0.605. The number of aromatic nitrogens is 1. The van der Waals surface area contributed by atoms with E-state index in [1.807, 2.05) is 0 Å². The van der Waals surface area contributed by atoms with Crippen molar-refractivity contribution in [2.24, 2.45) is 0 Å². The van der Waals surface area contributed by atoms with E-state index in [2.05, 4.69) is 15.9 Å². The summed E-state index contributed by atoms with van der Waals surface area (Å²) in [6, 6.07) is 5.02. The van der Waals surface area contributed by atoms with E-state index in [0.717, 1.165) is 30.3 Å². The van der Waals surface area contributed by atoms with Crippen LogP contribution in [0.4, 0.5) is 0 Å². The van der Waals surface area contributed by atoms with Crippen molar-refractivity contribution in [3.05, 3.63) is 33.0 Å². The number of ether oxygens (including phenoxy) is 2. The first-order valence-electron chi connectivity index (χ1n) is 8.05. The van der Waals surface area contributed by atoms with Gasteiger partial charge in [0, 0.05) is 28.4 Å². The van der Waals surface area contributed by atoms with E-state index in [4.69, 9.17) is 9.47 Å². The molecule has 7 heteroatoms. The summed E-state index contributed by atoms with van der Waals surface area (Å²) in [5, 5.41) is 21.3. The number of fused-ring (bicyclic) bond motifs is 1. The number of hydrogen-bond acceptors (Lipinski definition) is 5. The number of benzene rings is 1. The molecule has 1 aromatic heterocycles. The van der Waals surface area contributed by atoms with Crippen molar-refractivity contribution >= 4 is 26.7 Å². The Morgan fingerprint density at radius 1 is 1.29 bits per heavy atom. The summed E-state index contributed by atoms with van der Waals surface area (Å²) in [6.07, 6.45) is 3.41. The Morgan fingerprint density at radius 2 is 2.12 bits per heavy atom. The van der Waals surface area contributed by atoms with Crippen molar-refractivity contribution in [3.63, 3.8) is 0 Å². The van der Waals surface area contributed by atoms with Crippen LogP contribution >= 0.6 is 15.9 Å². The van der Waals surface area contributed by atoms with E-state index in [9.17, 15) is 15.0 Å². The van der Waals surface area contributed by atoms with Crippen LogP contribution in [0.15, 0.2) is 27.5 Å². The molecular formula is C17H20BrNO5. The van der Waals surface area contributed by atoms with Crippen LogP contribution < -0.4 is 5.56 Å². The smallest absolute Gasteiger partial charge is 0.296 e. The van der Waals surface area contributed by atoms with Gasteiger partial charge in [0.2, 0.25) is 5.88 Å². The molecule has 1 atom stereocenters. The van der Waals surface area contributed by atoms with Crippen molar-refractivity contribution in [2.45, 2.75) is 38.5 Å². The Balaban J connectivity index is 1.72. The van der Waals surface area contributed by atoms with Crippen LogP contribution in [0.5, 0.6) is 11.6 Å². The van der Waals surface area contributed by atoms with Gasteiger partial charge in [-0.25, -0.2) is 0 Å². The van der Waals surface area contributed by atoms with Crippen LogP contribution in [0.25, 0.3) is 10.8 Å². The number of hydrogen-bond donors (Lipinski definition) is 2. The average molecular weight is 398 g/mol. The van der Waals surface area contributed by atoms with E-state index >= 15 is 0 Å². The quantitative estimate of drug-likeness (QED) is 0.757. The third-order valence-corrected chi connectivity index (χ3v) is 4.64. The molecule has 1 aliphatic heterocycles. The zero-order valence-corrected chi connectivity index (χ0v) is 14.8. The first kappa shape index (κ1) is 17.3. The first-order chi connectivity index (χ1) is 11.6. The molecule has 2 heterocycles. The van der Waals surface area contributed by atoms with E-state index in [1.165, 1.54) is 4.57 Å². The molecule has 1 unspecified atom stereocenters. The molecule has 24 heavy (non-hydrogen) atoms. The predicted octanol–water partition coefficient (Wildman–Crippen LogP) is 3.11. The number of pyridine rings is 1. The van der Waals surface area contributed by atoms with Crippen molar-refractivity contribution in [2.75, 3.05) is 13.2 Å². The summed E-state index contributed by atoms with van der Waals surface area (Å²) >= 11 is 3.29. The lowest BCUT2D eigenvalue weighted by Crippen LogP contribution is -2.24. The number of nitrogens with zero attached hydrogens (tertiary/aromatic N) is 1. The molecule has 1 aromatic carbocycles. The van der Waals surface area contributed by atoms with Crippen LogP contribution in [0.2, 0.25) is 0 Å². The Bertz CT molecular complexity index is 783. The normalized spacial score (nSPS) is 18.1. The lowest BCUT2D eigenvalue weighted by atomic mass is 10.1. The average Bonchev–Trinajstić information content (AvgIpc) is 2.60. The molecule has 2 N–H and O–H groups in total. The Hall–Kier alpha value is -1.57. The molecule has 0 amide bonds. The van der Waals surface area contributed by atoms with Gasteiger partial charge in [0.15, 0.2) is 12.0 Å². The fourth-order valence-corrected chi connectivity index (χ4v) is 3.24. The number of halogens is 1. The second-order valence-electron chi connectivity index (χ2n) is 5.84. The molecule has 130 valence electrons. The summed E-state index contributed by atoms with van der Waals surface area (Å²) in [4.78, 5) is 12.3. The minimum Gasteiger partial charge on any atom is -0.503 e. The molecule has 0 spiro atoms. The van der Waals surface area contributed by atoms with Gasteiger partial charge in [-0.2, -0.15) is 0 Å². The minimum absolute atomic E-state index is 0.144. The summed E-state index contributed by atoms with van der Waals surface area (Å²) in [5.41, 5.74) is -0.605. The van der Waals surface area contributed by atoms with E-state index in [-0.39, 0.29) is 24.5 Å². The molecule has 0 bridgehead atoms.